The van der Waals surface area contributed by atoms with Gasteiger partial charge in [-0.15, -0.1) is 11.3 Å². The molecule has 0 aliphatic heterocycles. The number of nitrogens with zero attached hydrogens (tertiary/aromatic N) is 1. The van der Waals surface area contributed by atoms with Gasteiger partial charge in [-0.3, -0.25) is 4.79 Å². The number of nitrogens with one attached hydrogen (secondary N) is 1. The third-order valence-corrected chi connectivity index (χ3v) is 3.07. The van der Waals surface area contributed by atoms with Crippen molar-refractivity contribution in [2.75, 3.05) is 0 Å². The summed E-state index contributed by atoms with van der Waals surface area (Å²) in [6.45, 7) is 0.319. The summed E-state index contributed by atoms with van der Waals surface area (Å²) in [7, 11) is 0. The quantitative estimate of drug-likeness (QED) is 0.924. The average molecular weight is 268 g/mol. The van der Waals surface area contributed by atoms with Crippen molar-refractivity contribution < 1.29 is 13.6 Å². The molecule has 2 rings (SSSR count). The molecule has 0 aliphatic rings. The van der Waals surface area contributed by atoms with Crippen LogP contribution in [0.25, 0.3) is 0 Å². The summed E-state index contributed by atoms with van der Waals surface area (Å²) < 4.78 is 26.0. The van der Waals surface area contributed by atoms with E-state index in [2.05, 4.69) is 10.3 Å². The van der Waals surface area contributed by atoms with Crippen LogP contribution in [0.2, 0.25) is 0 Å². The monoisotopic (exact) mass is 268 g/mol. The van der Waals surface area contributed by atoms with Crippen LogP contribution in [0.4, 0.5) is 8.78 Å². The van der Waals surface area contributed by atoms with Crippen LogP contribution in [0.3, 0.4) is 0 Å². The highest BCUT2D eigenvalue weighted by Gasteiger charge is 2.09. The fourth-order valence-corrected chi connectivity index (χ4v) is 1.97. The maximum atomic E-state index is 13.3. The van der Waals surface area contributed by atoms with Gasteiger partial charge in [0.15, 0.2) is 0 Å². The predicted octanol–water partition coefficient (Wildman–Crippen LogP) is 2.28. The smallest absolute Gasteiger partial charge is 0.224 e. The Labute approximate surface area is 106 Å². The summed E-state index contributed by atoms with van der Waals surface area (Å²) in [5, 5.41) is 5.21. The Morgan fingerprint density at radius 3 is 2.89 bits per heavy atom. The van der Waals surface area contributed by atoms with E-state index in [1.807, 2.05) is 0 Å². The number of hydrogen-bond acceptors (Lipinski definition) is 3. The predicted molar refractivity (Wildman–Crippen MR) is 64.0 cm³/mol. The second kappa shape index (κ2) is 5.68. The summed E-state index contributed by atoms with van der Waals surface area (Å²) in [6, 6.07) is 3.17. The lowest BCUT2D eigenvalue weighted by atomic mass is 10.1. The number of benzene rings is 1. The van der Waals surface area contributed by atoms with Crippen LogP contribution in [-0.2, 0) is 17.8 Å². The van der Waals surface area contributed by atoms with Crippen molar-refractivity contribution in [2.45, 2.75) is 13.0 Å². The summed E-state index contributed by atoms with van der Waals surface area (Å²) in [6.07, 6.45) is 1.53. The molecule has 1 aromatic carbocycles. The van der Waals surface area contributed by atoms with Crippen molar-refractivity contribution in [2.24, 2.45) is 0 Å². The van der Waals surface area contributed by atoms with E-state index in [0.717, 1.165) is 17.1 Å². The molecular formula is C12H10F2N2OS. The van der Waals surface area contributed by atoms with E-state index in [-0.39, 0.29) is 17.9 Å². The van der Waals surface area contributed by atoms with Gasteiger partial charge in [0.05, 0.1) is 13.0 Å². The van der Waals surface area contributed by atoms with Gasteiger partial charge >= 0.3 is 0 Å². The Morgan fingerprint density at radius 2 is 2.22 bits per heavy atom. The Bertz CT molecular complexity index is 543. The minimum Gasteiger partial charge on any atom is -0.349 e. The highest BCUT2D eigenvalue weighted by molar-refractivity contribution is 7.09. The van der Waals surface area contributed by atoms with E-state index >= 15 is 0 Å². The molecular weight excluding hydrogens is 258 g/mol. The Morgan fingerprint density at radius 1 is 1.39 bits per heavy atom. The minimum absolute atomic E-state index is 0.114. The maximum absolute atomic E-state index is 13.3. The van der Waals surface area contributed by atoms with Crippen LogP contribution in [0.5, 0.6) is 0 Å². The lowest BCUT2D eigenvalue weighted by molar-refractivity contribution is -0.120. The molecule has 94 valence electrons. The fraction of sp³-hybridized carbons (Fsp3) is 0.167. The Kier molecular flexibility index (Phi) is 3.99. The number of amides is 1. The molecule has 0 saturated heterocycles. The number of carbonyl (C=O) groups excluding carboxylic acids is 1. The fourth-order valence-electron chi connectivity index (χ4n) is 1.41. The molecule has 1 aromatic heterocycles. The minimum atomic E-state index is -0.709. The van der Waals surface area contributed by atoms with Crippen molar-refractivity contribution in [3.63, 3.8) is 0 Å². The Hall–Kier alpha value is -1.82. The first-order valence-electron chi connectivity index (χ1n) is 5.24. The van der Waals surface area contributed by atoms with Gasteiger partial charge in [0.25, 0.3) is 0 Å². The summed E-state index contributed by atoms with van der Waals surface area (Å²) >= 11 is 1.43. The first kappa shape index (κ1) is 12.6. The van der Waals surface area contributed by atoms with Crippen molar-refractivity contribution in [1.82, 2.24) is 10.3 Å². The molecule has 6 heteroatoms. The molecule has 0 bridgehead atoms. The van der Waals surface area contributed by atoms with Crippen molar-refractivity contribution in [1.29, 1.82) is 0 Å². The number of thiazole rings is 1. The summed E-state index contributed by atoms with van der Waals surface area (Å²) in [5.41, 5.74) is 0.174. The van der Waals surface area contributed by atoms with Crippen LogP contribution in [0, 0.1) is 11.6 Å². The molecule has 3 nitrogen and oxygen atoms in total. The number of aromatic nitrogens is 1. The van der Waals surface area contributed by atoms with Gasteiger partial charge in [-0.2, -0.15) is 0 Å². The zero-order valence-electron chi connectivity index (χ0n) is 9.32. The third kappa shape index (κ3) is 3.33. The Balaban J connectivity index is 1.91. The molecule has 1 amide bonds. The van der Waals surface area contributed by atoms with Gasteiger partial charge in [-0.05, 0) is 11.6 Å². The van der Waals surface area contributed by atoms with E-state index in [0.29, 0.717) is 6.54 Å². The van der Waals surface area contributed by atoms with Gasteiger partial charge in [0.2, 0.25) is 5.91 Å². The molecule has 0 spiro atoms. The van der Waals surface area contributed by atoms with Crippen molar-refractivity contribution >= 4 is 17.2 Å². The molecule has 1 N–H and O–H groups in total. The lowest BCUT2D eigenvalue weighted by Gasteiger charge is -2.04. The van der Waals surface area contributed by atoms with Gasteiger partial charge in [0, 0.05) is 17.6 Å². The van der Waals surface area contributed by atoms with Crippen molar-refractivity contribution in [3.05, 3.63) is 52.0 Å². The van der Waals surface area contributed by atoms with Crippen LogP contribution < -0.4 is 5.32 Å². The number of rotatable bonds is 4. The van der Waals surface area contributed by atoms with E-state index in [4.69, 9.17) is 0 Å². The molecule has 18 heavy (non-hydrogen) atoms. The van der Waals surface area contributed by atoms with Crippen LogP contribution in [0.1, 0.15) is 10.6 Å². The average Bonchev–Trinajstić information content (AvgIpc) is 2.83. The normalized spacial score (nSPS) is 10.3. The van der Waals surface area contributed by atoms with Gasteiger partial charge in [-0.25, -0.2) is 13.8 Å². The van der Waals surface area contributed by atoms with Crippen LogP contribution in [-0.4, -0.2) is 10.9 Å². The SMILES string of the molecule is O=C(Cc1ccc(F)cc1F)NCc1nccs1. The molecule has 0 atom stereocenters. The molecule has 2 aromatic rings. The lowest BCUT2D eigenvalue weighted by Crippen LogP contribution is -2.24. The second-order valence-electron chi connectivity index (χ2n) is 3.62. The molecule has 0 fully saturated rings. The topological polar surface area (TPSA) is 42.0 Å². The summed E-state index contributed by atoms with van der Waals surface area (Å²) in [5.74, 6) is -1.69. The second-order valence-corrected chi connectivity index (χ2v) is 4.59. The van der Waals surface area contributed by atoms with E-state index in [1.165, 1.54) is 17.4 Å². The first-order chi connectivity index (χ1) is 8.65. The number of carbonyl (C=O) groups is 1. The summed E-state index contributed by atoms with van der Waals surface area (Å²) in [4.78, 5) is 15.6. The van der Waals surface area contributed by atoms with Gasteiger partial charge in [0.1, 0.15) is 16.6 Å². The standard InChI is InChI=1S/C12H10F2N2OS/c13-9-2-1-8(10(14)6-9)5-11(17)16-7-12-15-3-4-18-12/h1-4,6H,5,7H2,(H,16,17). The van der Waals surface area contributed by atoms with Crippen LogP contribution >= 0.6 is 11.3 Å². The molecule has 1 heterocycles. The van der Waals surface area contributed by atoms with Gasteiger partial charge in [-0.1, -0.05) is 6.07 Å². The molecule has 0 aliphatic carbocycles. The zero-order valence-corrected chi connectivity index (χ0v) is 10.1. The largest absolute Gasteiger partial charge is 0.349 e. The van der Waals surface area contributed by atoms with E-state index < -0.39 is 11.6 Å². The highest BCUT2D eigenvalue weighted by atomic mass is 32.1. The highest BCUT2D eigenvalue weighted by Crippen LogP contribution is 2.10. The zero-order chi connectivity index (χ0) is 13.0. The third-order valence-electron chi connectivity index (χ3n) is 2.29. The number of hydrogen-bond donors (Lipinski definition) is 1. The van der Waals surface area contributed by atoms with Crippen molar-refractivity contribution in [3.8, 4) is 0 Å². The van der Waals surface area contributed by atoms with Gasteiger partial charge < -0.3 is 5.32 Å². The van der Waals surface area contributed by atoms with E-state index in [9.17, 15) is 13.6 Å². The first-order valence-corrected chi connectivity index (χ1v) is 6.12. The number of halogens is 2. The molecule has 0 radical (unpaired) electrons. The molecule has 0 saturated carbocycles. The van der Waals surface area contributed by atoms with Crippen LogP contribution in [0.15, 0.2) is 29.8 Å². The molecule has 0 unspecified atom stereocenters. The maximum Gasteiger partial charge on any atom is 0.224 e. The van der Waals surface area contributed by atoms with E-state index in [1.54, 1.807) is 11.6 Å².